The molecule has 0 saturated carbocycles. The number of aliphatic hydroxyl groups is 1. The fourth-order valence-electron chi connectivity index (χ4n) is 1.92. The van der Waals surface area contributed by atoms with Gasteiger partial charge >= 0.3 is 0 Å². The van der Waals surface area contributed by atoms with Crippen LogP contribution in [-0.2, 0) is 0 Å². The van der Waals surface area contributed by atoms with Crippen LogP contribution in [-0.4, -0.2) is 10.9 Å². The van der Waals surface area contributed by atoms with E-state index in [0.717, 1.165) is 0 Å². The van der Waals surface area contributed by atoms with Crippen molar-refractivity contribution >= 4 is 11.5 Å². The Kier molecular flexibility index (Phi) is 5.20. The van der Waals surface area contributed by atoms with Crippen LogP contribution < -0.4 is 0 Å². The lowest BCUT2D eigenvalue weighted by atomic mass is 10.0. The van der Waals surface area contributed by atoms with Gasteiger partial charge in [-0.2, -0.15) is 0 Å². The summed E-state index contributed by atoms with van der Waals surface area (Å²) in [5.74, 6) is -30.1. The van der Waals surface area contributed by atoms with E-state index in [1.165, 1.54) is 0 Å². The zero-order chi connectivity index (χ0) is 20.8. The Labute approximate surface area is 142 Å². The molecule has 0 unspecified atom stereocenters. The molecule has 144 valence electrons. The number of benzene rings is 2. The maximum atomic E-state index is 13.5. The Balaban J connectivity index is 2.68. The van der Waals surface area contributed by atoms with Crippen molar-refractivity contribution in [3.8, 4) is 0 Å². The van der Waals surface area contributed by atoms with E-state index in [1.54, 1.807) is 0 Å². The standard InChI is InChI=1S/C15H2F10O2/c16-6-4(7(17)11(21)14(24)10(6)20)2(26)1-3(27)5-8(18)12(22)15(25)13(23)9(5)19/h1,26H. The summed E-state index contributed by atoms with van der Waals surface area (Å²) in [7, 11) is 0. The zero-order valence-corrected chi connectivity index (χ0v) is 12.2. The molecule has 0 fully saturated rings. The molecular weight excluding hydrogens is 402 g/mol. The summed E-state index contributed by atoms with van der Waals surface area (Å²) in [5, 5.41) is 9.43. The van der Waals surface area contributed by atoms with Gasteiger partial charge in [-0.25, -0.2) is 43.9 Å². The van der Waals surface area contributed by atoms with E-state index in [0.29, 0.717) is 0 Å². The highest BCUT2D eigenvalue weighted by Gasteiger charge is 2.31. The fourth-order valence-corrected chi connectivity index (χ4v) is 1.92. The first-order chi connectivity index (χ1) is 12.4. The third kappa shape index (κ3) is 3.11. The molecule has 2 rings (SSSR count). The van der Waals surface area contributed by atoms with E-state index in [2.05, 4.69) is 0 Å². The molecule has 27 heavy (non-hydrogen) atoms. The highest BCUT2D eigenvalue weighted by atomic mass is 19.2. The molecule has 0 atom stereocenters. The summed E-state index contributed by atoms with van der Waals surface area (Å²) in [6.45, 7) is 0. The van der Waals surface area contributed by atoms with Crippen molar-refractivity contribution in [2.45, 2.75) is 0 Å². The molecule has 0 aliphatic carbocycles. The minimum absolute atomic E-state index is 0.476. The molecule has 0 radical (unpaired) electrons. The summed E-state index contributed by atoms with van der Waals surface area (Å²) in [5.41, 5.74) is -4.18. The summed E-state index contributed by atoms with van der Waals surface area (Å²) in [6, 6.07) is 0. The van der Waals surface area contributed by atoms with Gasteiger partial charge in [-0.05, 0) is 0 Å². The maximum Gasteiger partial charge on any atom is 0.200 e. The second kappa shape index (κ2) is 6.93. The summed E-state index contributed by atoms with van der Waals surface area (Å²) in [6.07, 6.45) is -0.476. The normalized spacial score (nSPS) is 11.9. The minimum atomic E-state index is -2.62. The van der Waals surface area contributed by atoms with Gasteiger partial charge in [0.05, 0.1) is 11.1 Å². The number of aliphatic hydroxyl groups excluding tert-OH is 1. The van der Waals surface area contributed by atoms with Crippen molar-refractivity contribution in [2.24, 2.45) is 0 Å². The van der Waals surface area contributed by atoms with Gasteiger partial charge in [0, 0.05) is 6.08 Å². The molecule has 0 bridgehead atoms. The molecule has 12 heteroatoms. The number of carbonyl (C=O) groups excluding carboxylic acids is 1. The van der Waals surface area contributed by atoms with E-state index in [4.69, 9.17) is 0 Å². The predicted octanol–water partition coefficient (Wildman–Crippen LogP) is 4.86. The second-order valence-electron chi connectivity index (χ2n) is 4.78. The molecule has 1 N–H and O–H groups in total. The van der Waals surface area contributed by atoms with Crippen LogP contribution in [0.25, 0.3) is 5.76 Å². The predicted molar refractivity (Wildman–Crippen MR) is 67.4 cm³/mol. The average molecular weight is 404 g/mol. The molecule has 0 aromatic heterocycles. The van der Waals surface area contributed by atoms with Gasteiger partial charge in [-0.3, -0.25) is 4.79 Å². The lowest BCUT2D eigenvalue weighted by molar-refractivity contribution is 0.103. The van der Waals surface area contributed by atoms with Crippen LogP contribution in [0.4, 0.5) is 43.9 Å². The van der Waals surface area contributed by atoms with Gasteiger partial charge in [-0.1, -0.05) is 0 Å². The van der Waals surface area contributed by atoms with Crippen LogP contribution in [0.1, 0.15) is 15.9 Å². The van der Waals surface area contributed by atoms with Crippen molar-refractivity contribution in [3.63, 3.8) is 0 Å². The number of allylic oxidation sites excluding steroid dienone is 1. The monoisotopic (exact) mass is 404 g/mol. The third-order valence-corrected chi connectivity index (χ3v) is 3.19. The fraction of sp³-hybridized carbons (Fsp3) is 0. The highest BCUT2D eigenvalue weighted by Crippen LogP contribution is 2.29. The Morgan fingerprint density at radius 2 is 0.778 bits per heavy atom. The van der Waals surface area contributed by atoms with E-state index < -0.39 is 86.9 Å². The first-order valence-electron chi connectivity index (χ1n) is 6.39. The van der Waals surface area contributed by atoms with Crippen LogP contribution in [0.2, 0.25) is 0 Å². The van der Waals surface area contributed by atoms with E-state index >= 15 is 0 Å². The summed E-state index contributed by atoms with van der Waals surface area (Å²) < 4.78 is 132. The number of halogens is 10. The van der Waals surface area contributed by atoms with Crippen LogP contribution >= 0.6 is 0 Å². The molecule has 0 aliphatic rings. The van der Waals surface area contributed by atoms with Crippen molar-refractivity contribution in [3.05, 3.63) is 75.4 Å². The van der Waals surface area contributed by atoms with E-state index in [-0.39, 0.29) is 0 Å². The third-order valence-electron chi connectivity index (χ3n) is 3.19. The van der Waals surface area contributed by atoms with Gasteiger partial charge in [0.25, 0.3) is 0 Å². The number of hydrogen-bond acceptors (Lipinski definition) is 2. The van der Waals surface area contributed by atoms with Gasteiger partial charge in [-0.15, -0.1) is 0 Å². The van der Waals surface area contributed by atoms with Crippen molar-refractivity contribution in [2.75, 3.05) is 0 Å². The molecule has 2 aromatic rings. The molecule has 2 aromatic carbocycles. The highest BCUT2D eigenvalue weighted by molar-refractivity contribution is 6.08. The Bertz CT molecular complexity index is 955. The van der Waals surface area contributed by atoms with Crippen LogP contribution in [0.3, 0.4) is 0 Å². The topological polar surface area (TPSA) is 37.3 Å². The van der Waals surface area contributed by atoms with Gasteiger partial charge < -0.3 is 5.11 Å². The molecule has 0 aliphatic heterocycles. The number of hydrogen-bond donors (Lipinski definition) is 1. The molecule has 2 nitrogen and oxygen atoms in total. The number of ketones is 1. The summed E-state index contributed by atoms with van der Waals surface area (Å²) >= 11 is 0. The Morgan fingerprint density at radius 1 is 0.519 bits per heavy atom. The number of carbonyl (C=O) groups is 1. The maximum absolute atomic E-state index is 13.5. The second-order valence-corrected chi connectivity index (χ2v) is 4.78. The number of rotatable bonds is 3. The molecule has 0 spiro atoms. The van der Waals surface area contributed by atoms with Crippen LogP contribution in [0.5, 0.6) is 0 Å². The smallest absolute Gasteiger partial charge is 0.200 e. The minimum Gasteiger partial charge on any atom is -0.507 e. The molecule has 0 amide bonds. The SMILES string of the molecule is O=C(C=C(O)c1c(F)c(F)c(F)c(F)c1F)c1c(F)c(F)c(F)c(F)c1F. The van der Waals surface area contributed by atoms with Crippen molar-refractivity contribution < 1.29 is 53.8 Å². The van der Waals surface area contributed by atoms with Crippen LogP contribution in [0.15, 0.2) is 6.08 Å². The lowest BCUT2D eigenvalue weighted by Gasteiger charge is -2.08. The van der Waals surface area contributed by atoms with Gasteiger partial charge in [0.1, 0.15) is 5.76 Å². The molecular formula is C15H2F10O2. The quantitative estimate of drug-likeness (QED) is 0.198. The average Bonchev–Trinajstić information content (AvgIpc) is 2.61. The van der Waals surface area contributed by atoms with E-state index in [9.17, 15) is 53.8 Å². The van der Waals surface area contributed by atoms with Gasteiger partial charge in [0.2, 0.25) is 11.6 Å². The lowest BCUT2D eigenvalue weighted by Crippen LogP contribution is -2.12. The molecule has 0 saturated heterocycles. The van der Waals surface area contributed by atoms with E-state index in [1.807, 2.05) is 0 Å². The first-order valence-corrected chi connectivity index (χ1v) is 6.39. The van der Waals surface area contributed by atoms with Crippen molar-refractivity contribution in [1.82, 2.24) is 0 Å². The zero-order valence-electron chi connectivity index (χ0n) is 12.2. The molecule has 0 heterocycles. The van der Waals surface area contributed by atoms with Crippen LogP contribution in [0, 0.1) is 58.2 Å². The van der Waals surface area contributed by atoms with Crippen molar-refractivity contribution in [1.29, 1.82) is 0 Å². The largest absolute Gasteiger partial charge is 0.507 e. The van der Waals surface area contributed by atoms with Gasteiger partial charge in [0.15, 0.2) is 52.3 Å². The first kappa shape index (κ1) is 20.3. The summed E-state index contributed by atoms with van der Waals surface area (Å²) in [4.78, 5) is 11.7. The Hall–Kier alpha value is -3.05. The Morgan fingerprint density at radius 3 is 1.11 bits per heavy atom.